The van der Waals surface area contributed by atoms with Crippen molar-refractivity contribution in [2.75, 3.05) is 0 Å². The maximum absolute atomic E-state index is 2.23. The zero-order valence-electron chi connectivity index (χ0n) is 7.01. The summed E-state index contributed by atoms with van der Waals surface area (Å²) < 4.78 is 2.19. The minimum Gasteiger partial charge on any atom is -0.195 e. The number of aromatic nitrogens is 1. The molecule has 0 bridgehead atoms. The molecule has 56 valence electrons. The van der Waals surface area contributed by atoms with Gasteiger partial charge in [0.1, 0.15) is 7.05 Å². The topological polar surface area (TPSA) is 3.88 Å². The van der Waals surface area contributed by atoms with E-state index in [0.717, 1.165) is 0 Å². The minimum absolute atomic E-state index is 0.295. The lowest BCUT2D eigenvalue weighted by molar-refractivity contribution is -0.677. The maximum Gasteiger partial charge on any atom is 0.242 e. The van der Waals surface area contributed by atoms with Crippen LogP contribution in [-0.4, -0.2) is 0 Å². The number of hydrogen-bond acceptors (Lipinski definition) is 1. The van der Waals surface area contributed by atoms with Gasteiger partial charge in [0.05, 0.1) is 10.8 Å². The molecule has 0 fully saturated rings. The second-order valence-electron chi connectivity index (χ2n) is 3.57. The second kappa shape index (κ2) is 2.35. The monoisotopic (exact) mass is 156 g/mol. The molecule has 0 aliphatic carbocycles. The van der Waals surface area contributed by atoms with Gasteiger partial charge in [-0.05, 0) is 20.8 Å². The summed E-state index contributed by atoms with van der Waals surface area (Å²) >= 11 is 1.82. The first-order valence-corrected chi connectivity index (χ1v) is 4.33. The van der Waals surface area contributed by atoms with Gasteiger partial charge in [-0.2, -0.15) is 4.57 Å². The van der Waals surface area contributed by atoms with Crippen molar-refractivity contribution in [1.29, 1.82) is 0 Å². The highest BCUT2D eigenvalue weighted by atomic mass is 32.1. The molecule has 0 radical (unpaired) electrons. The van der Waals surface area contributed by atoms with E-state index in [4.69, 9.17) is 0 Å². The molecule has 10 heavy (non-hydrogen) atoms. The van der Waals surface area contributed by atoms with E-state index in [0.29, 0.717) is 5.41 Å². The van der Waals surface area contributed by atoms with Crippen molar-refractivity contribution < 1.29 is 4.57 Å². The van der Waals surface area contributed by atoms with Crippen molar-refractivity contribution in [3.8, 4) is 0 Å². The number of rotatable bonds is 0. The number of nitrogens with zero attached hydrogens (tertiary/aromatic N) is 1. The SMILES string of the molecule is C[n+]1ccsc1C(C)(C)C. The van der Waals surface area contributed by atoms with E-state index in [1.165, 1.54) is 5.01 Å². The molecular weight excluding hydrogens is 142 g/mol. The fraction of sp³-hybridized carbons (Fsp3) is 0.625. The third-order valence-electron chi connectivity index (χ3n) is 1.43. The van der Waals surface area contributed by atoms with Crippen LogP contribution in [0.2, 0.25) is 0 Å². The van der Waals surface area contributed by atoms with Gasteiger partial charge in [0, 0.05) is 0 Å². The van der Waals surface area contributed by atoms with Crippen LogP contribution in [0.3, 0.4) is 0 Å². The van der Waals surface area contributed by atoms with Crippen LogP contribution in [0.25, 0.3) is 0 Å². The average molecular weight is 156 g/mol. The first-order chi connectivity index (χ1) is 4.52. The highest BCUT2D eigenvalue weighted by Crippen LogP contribution is 2.21. The van der Waals surface area contributed by atoms with Crippen LogP contribution in [-0.2, 0) is 12.5 Å². The van der Waals surface area contributed by atoms with Crippen LogP contribution in [0, 0.1) is 0 Å². The van der Waals surface area contributed by atoms with E-state index in [2.05, 4.69) is 44.0 Å². The predicted octanol–water partition coefficient (Wildman–Crippen LogP) is 1.87. The molecule has 0 saturated heterocycles. The molecule has 1 aromatic rings. The predicted molar refractivity (Wildman–Crippen MR) is 44.2 cm³/mol. The van der Waals surface area contributed by atoms with Crippen molar-refractivity contribution in [2.45, 2.75) is 26.2 Å². The quantitative estimate of drug-likeness (QED) is 0.505. The molecule has 1 heterocycles. The Morgan fingerprint density at radius 3 is 2.20 bits per heavy atom. The Morgan fingerprint density at radius 1 is 1.40 bits per heavy atom. The molecule has 0 N–H and O–H groups in total. The van der Waals surface area contributed by atoms with Crippen molar-refractivity contribution in [3.63, 3.8) is 0 Å². The summed E-state index contributed by atoms with van der Waals surface area (Å²) in [6, 6.07) is 0. The Labute approximate surface area is 66.3 Å². The lowest BCUT2D eigenvalue weighted by Crippen LogP contribution is -2.35. The summed E-state index contributed by atoms with van der Waals surface area (Å²) in [5, 5.41) is 3.55. The van der Waals surface area contributed by atoms with Gasteiger partial charge >= 0.3 is 0 Å². The smallest absolute Gasteiger partial charge is 0.195 e. The Kier molecular flexibility index (Phi) is 1.82. The summed E-state index contributed by atoms with van der Waals surface area (Å²) in [6.45, 7) is 6.70. The van der Waals surface area contributed by atoms with Crippen LogP contribution in [0.5, 0.6) is 0 Å². The van der Waals surface area contributed by atoms with Gasteiger partial charge in [-0.1, -0.05) is 11.3 Å². The van der Waals surface area contributed by atoms with Gasteiger partial charge in [0.25, 0.3) is 0 Å². The maximum atomic E-state index is 2.23. The normalized spacial score (nSPS) is 12.0. The molecule has 1 nitrogen and oxygen atoms in total. The van der Waals surface area contributed by atoms with Gasteiger partial charge < -0.3 is 0 Å². The highest BCUT2D eigenvalue weighted by molar-refractivity contribution is 7.09. The Morgan fingerprint density at radius 2 is 2.00 bits per heavy atom. The molecule has 0 unspecified atom stereocenters. The standard InChI is InChI=1S/C8H14NS/c1-8(2,3)7-9(4)5-6-10-7/h5-6H,1-4H3/q+1. The van der Waals surface area contributed by atoms with Gasteiger partial charge in [0.15, 0.2) is 6.20 Å². The van der Waals surface area contributed by atoms with Crippen LogP contribution in [0.15, 0.2) is 11.6 Å². The van der Waals surface area contributed by atoms with Gasteiger partial charge in [-0.25, -0.2) is 0 Å². The zero-order chi connectivity index (χ0) is 7.78. The summed E-state index contributed by atoms with van der Waals surface area (Å²) in [7, 11) is 2.09. The van der Waals surface area contributed by atoms with Crippen LogP contribution < -0.4 is 4.57 Å². The van der Waals surface area contributed by atoms with Gasteiger partial charge in [-0.15, -0.1) is 0 Å². The number of hydrogen-bond donors (Lipinski definition) is 0. The number of thiazole rings is 1. The summed E-state index contributed by atoms with van der Waals surface area (Å²) in [5.41, 5.74) is 0.295. The van der Waals surface area contributed by atoms with Gasteiger partial charge in [0.2, 0.25) is 5.01 Å². The molecule has 0 amide bonds. The van der Waals surface area contributed by atoms with Crippen molar-refractivity contribution in [2.24, 2.45) is 7.05 Å². The molecule has 0 atom stereocenters. The lowest BCUT2D eigenvalue weighted by Gasteiger charge is -2.10. The van der Waals surface area contributed by atoms with E-state index in [1.54, 1.807) is 0 Å². The summed E-state index contributed by atoms with van der Waals surface area (Å²) in [5.74, 6) is 0. The third kappa shape index (κ3) is 1.37. The molecule has 0 saturated carbocycles. The molecule has 2 heteroatoms. The summed E-state index contributed by atoms with van der Waals surface area (Å²) in [6.07, 6.45) is 2.10. The Hall–Kier alpha value is -0.370. The minimum atomic E-state index is 0.295. The van der Waals surface area contributed by atoms with E-state index in [-0.39, 0.29) is 0 Å². The van der Waals surface area contributed by atoms with Crippen molar-refractivity contribution in [1.82, 2.24) is 0 Å². The Bertz CT molecular complexity index is 219. The summed E-state index contributed by atoms with van der Waals surface area (Å²) in [4.78, 5) is 0. The van der Waals surface area contributed by atoms with E-state index < -0.39 is 0 Å². The highest BCUT2D eigenvalue weighted by Gasteiger charge is 2.24. The average Bonchev–Trinajstić information content (AvgIpc) is 2.11. The van der Waals surface area contributed by atoms with Crippen molar-refractivity contribution >= 4 is 11.3 Å². The first-order valence-electron chi connectivity index (χ1n) is 3.45. The van der Waals surface area contributed by atoms with Crippen LogP contribution >= 0.6 is 11.3 Å². The van der Waals surface area contributed by atoms with Crippen LogP contribution in [0.1, 0.15) is 25.8 Å². The van der Waals surface area contributed by atoms with Gasteiger partial charge in [-0.3, -0.25) is 0 Å². The first kappa shape index (κ1) is 7.73. The van der Waals surface area contributed by atoms with Crippen molar-refractivity contribution in [3.05, 3.63) is 16.6 Å². The molecule has 0 aliphatic heterocycles. The molecule has 0 spiro atoms. The fourth-order valence-electron chi connectivity index (χ4n) is 1.04. The molecule has 0 aromatic carbocycles. The van der Waals surface area contributed by atoms with Crippen LogP contribution in [0.4, 0.5) is 0 Å². The van der Waals surface area contributed by atoms with E-state index in [1.807, 2.05) is 11.3 Å². The largest absolute Gasteiger partial charge is 0.242 e. The fourth-order valence-corrected chi connectivity index (χ4v) is 2.00. The zero-order valence-corrected chi connectivity index (χ0v) is 7.83. The second-order valence-corrected chi connectivity index (χ2v) is 4.46. The third-order valence-corrected chi connectivity index (χ3v) is 2.81. The molecular formula is C8H14NS+. The number of aryl methyl sites for hydroxylation is 1. The molecule has 1 aromatic heterocycles. The molecule has 0 aliphatic rings. The molecule has 1 rings (SSSR count). The van der Waals surface area contributed by atoms with E-state index in [9.17, 15) is 0 Å². The van der Waals surface area contributed by atoms with E-state index >= 15 is 0 Å². The Balaban J connectivity index is 3.05. The lowest BCUT2D eigenvalue weighted by atomic mass is 9.98.